The third kappa shape index (κ3) is 2.57. The number of hydrogen-bond donors (Lipinski definition) is 0. The first-order valence-corrected chi connectivity index (χ1v) is 8.98. The van der Waals surface area contributed by atoms with Crippen LogP contribution in [0.25, 0.3) is 11.2 Å². The van der Waals surface area contributed by atoms with Gasteiger partial charge in [0, 0.05) is 44.7 Å². The minimum atomic E-state index is -0.00698. The van der Waals surface area contributed by atoms with E-state index in [-0.39, 0.29) is 5.91 Å². The maximum Gasteiger partial charge on any atom is 0.255 e. The number of hydrogen-bond acceptors (Lipinski definition) is 5. The molecule has 1 amide bonds. The number of pyridine rings is 1. The van der Waals surface area contributed by atoms with Crippen LogP contribution in [-0.4, -0.2) is 54.7 Å². The van der Waals surface area contributed by atoms with Crippen molar-refractivity contribution in [2.24, 2.45) is 0 Å². The molecule has 0 bridgehead atoms. The third-order valence-electron chi connectivity index (χ3n) is 5.29. The van der Waals surface area contributed by atoms with E-state index in [0.29, 0.717) is 24.7 Å². The Kier molecular flexibility index (Phi) is 3.70. The van der Waals surface area contributed by atoms with Crippen molar-refractivity contribution in [2.75, 3.05) is 19.8 Å². The van der Waals surface area contributed by atoms with Crippen molar-refractivity contribution >= 4 is 17.1 Å². The van der Waals surface area contributed by atoms with Gasteiger partial charge in [-0.05, 0) is 18.9 Å². The molecule has 0 N–H and O–H groups in total. The molecule has 8 nitrogen and oxygen atoms in total. The van der Waals surface area contributed by atoms with Crippen molar-refractivity contribution in [1.82, 2.24) is 29.0 Å². The lowest BCUT2D eigenvalue weighted by atomic mass is 10.1. The van der Waals surface area contributed by atoms with Gasteiger partial charge in [-0.1, -0.05) is 0 Å². The molecular formula is C18H20N6O2. The Hall–Kier alpha value is -2.74. The standard InChI is InChI=1S/C18H20N6O2/c25-18(22-3-4-23-11-19-9-15(23)10-22)13-7-16-17(20-8-13)24(12-21-16)14-1-5-26-6-2-14/h7-9,11-12,14H,1-6,10H2. The summed E-state index contributed by atoms with van der Waals surface area (Å²) in [5.74, 6) is -0.00698. The topological polar surface area (TPSA) is 78.1 Å². The van der Waals surface area contributed by atoms with Crippen LogP contribution in [0, 0.1) is 0 Å². The summed E-state index contributed by atoms with van der Waals surface area (Å²) in [6.45, 7) is 3.57. The molecule has 1 fully saturated rings. The Bertz CT molecular complexity index is 956. The van der Waals surface area contributed by atoms with Gasteiger partial charge >= 0.3 is 0 Å². The molecule has 0 atom stereocenters. The molecule has 0 saturated carbocycles. The van der Waals surface area contributed by atoms with Gasteiger partial charge in [-0.15, -0.1) is 0 Å². The lowest BCUT2D eigenvalue weighted by molar-refractivity contribution is 0.0704. The van der Waals surface area contributed by atoms with Gasteiger partial charge in [-0.25, -0.2) is 15.0 Å². The minimum Gasteiger partial charge on any atom is -0.381 e. The maximum atomic E-state index is 12.9. The van der Waals surface area contributed by atoms with Crippen molar-refractivity contribution in [3.8, 4) is 0 Å². The molecule has 1 saturated heterocycles. The fourth-order valence-electron chi connectivity index (χ4n) is 3.81. The number of amides is 1. The highest BCUT2D eigenvalue weighted by Crippen LogP contribution is 2.25. The Balaban J connectivity index is 1.40. The van der Waals surface area contributed by atoms with E-state index in [1.165, 1.54) is 0 Å². The molecule has 134 valence electrons. The van der Waals surface area contributed by atoms with Gasteiger partial charge in [0.1, 0.15) is 5.52 Å². The van der Waals surface area contributed by atoms with E-state index in [9.17, 15) is 4.79 Å². The lowest BCUT2D eigenvalue weighted by Crippen LogP contribution is -2.37. The van der Waals surface area contributed by atoms with Gasteiger partial charge < -0.3 is 18.8 Å². The fourth-order valence-corrected chi connectivity index (χ4v) is 3.81. The first-order valence-electron chi connectivity index (χ1n) is 8.98. The summed E-state index contributed by atoms with van der Waals surface area (Å²) in [5.41, 5.74) is 3.25. The number of imidazole rings is 2. The summed E-state index contributed by atoms with van der Waals surface area (Å²) >= 11 is 0. The summed E-state index contributed by atoms with van der Waals surface area (Å²) in [7, 11) is 0. The van der Waals surface area contributed by atoms with E-state index < -0.39 is 0 Å². The molecule has 0 spiro atoms. The molecule has 5 rings (SSSR count). The van der Waals surface area contributed by atoms with Gasteiger partial charge in [0.05, 0.1) is 30.5 Å². The van der Waals surface area contributed by atoms with E-state index in [4.69, 9.17) is 4.74 Å². The highest BCUT2D eigenvalue weighted by Gasteiger charge is 2.23. The molecule has 0 aliphatic carbocycles. The molecule has 3 aromatic rings. The molecule has 5 heterocycles. The molecular weight excluding hydrogens is 332 g/mol. The Morgan fingerprint density at radius 1 is 1.12 bits per heavy atom. The van der Waals surface area contributed by atoms with Crippen LogP contribution >= 0.6 is 0 Å². The van der Waals surface area contributed by atoms with Crippen LogP contribution in [0.5, 0.6) is 0 Å². The smallest absolute Gasteiger partial charge is 0.255 e. The number of rotatable bonds is 2. The zero-order valence-electron chi connectivity index (χ0n) is 14.4. The fraction of sp³-hybridized carbons (Fsp3) is 0.444. The largest absolute Gasteiger partial charge is 0.381 e. The van der Waals surface area contributed by atoms with Crippen LogP contribution in [0.4, 0.5) is 0 Å². The van der Waals surface area contributed by atoms with Crippen LogP contribution in [-0.2, 0) is 17.8 Å². The molecule has 2 aliphatic heterocycles. The predicted octanol–water partition coefficient (Wildman–Crippen LogP) is 1.64. The number of ether oxygens (including phenoxy) is 1. The van der Waals surface area contributed by atoms with Gasteiger partial charge in [0.2, 0.25) is 0 Å². The average Bonchev–Trinajstić information content (AvgIpc) is 3.33. The maximum absolute atomic E-state index is 12.9. The van der Waals surface area contributed by atoms with Crippen molar-refractivity contribution in [2.45, 2.75) is 32.0 Å². The highest BCUT2D eigenvalue weighted by molar-refractivity contribution is 5.96. The van der Waals surface area contributed by atoms with Gasteiger partial charge in [-0.2, -0.15) is 0 Å². The molecule has 0 aromatic carbocycles. The van der Waals surface area contributed by atoms with Crippen LogP contribution in [0.2, 0.25) is 0 Å². The number of nitrogens with zero attached hydrogens (tertiary/aromatic N) is 6. The SMILES string of the molecule is O=C(c1cnc2c(c1)ncn2C1CCOCC1)N1CCn2cncc2C1. The number of carbonyl (C=O) groups is 1. The Morgan fingerprint density at radius 3 is 2.88 bits per heavy atom. The first-order chi connectivity index (χ1) is 12.8. The highest BCUT2D eigenvalue weighted by atomic mass is 16.5. The van der Waals surface area contributed by atoms with Crippen molar-refractivity contribution in [3.63, 3.8) is 0 Å². The second-order valence-electron chi connectivity index (χ2n) is 6.87. The summed E-state index contributed by atoms with van der Waals surface area (Å²) < 4.78 is 9.64. The van der Waals surface area contributed by atoms with Crippen LogP contribution in [0.1, 0.15) is 34.9 Å². The second-order valence-corrected chi connectivity index (χ2v) is 6.87. The van der Waals surface area contributed by atoms with Crippen molar-refractivity contribution in [3.05, 3.63) is 42.4 Å². The minimum absolute atomic E-state index is 0.00698. The normalized spacial score (nSPS) is 18.2. The molecule has 0 radical (unpaired) electrons. The molecule has 26 heavy (non-hydrogen) atoms. The third-order valence-corrected chi connectivity index (χ3v) is 5.29. The summed E-state index contributed by atoms with van der Waals surface area (Å²) in [4.78, 5) is 27.9. The van der Waals surface area contributed by atoms with Crippen LogP contribution in [0.15, 0.2) is 31.1 Å². The molecule has 0 unspecified atom stereocenters. The van der Waals surface area contributed by atoms with E-state index >= 15 is 0 Å². The van der Waals surface area contributed by atoms with E-state index in [1.54, 1.807) is 6.20 Å². The monoisotopic (exact) mass is 352 g/mol. The predicted molar refractivity (Wildman–Crippen MR) is 93.6 cm³/mol. The lowest BCUT2D eigenvalue weighted by Gasteiger charge is -2.28. The molecule has 2 aliphatic rings. The Morgan fingerprint density at radius 2 is 2.00 bits per heavy atom. The van der Waals surface area contributed by atoms with Gasteiger partial charge in [0.15, 0.2) is 5.65 Å². The van der Waals surface area contributed by atoms with Crippen molar-refractivity contribution in [1.29, 1.82) is 0 Å². The van der Waals surface area contributed by atoms with Crippen LogP contribution < -0.4 is 0 Å². The Labute approximate surface area is 150 Å². The van der Waals surface area contributed by atoms with E-state index in [0.717, 1.165) is 49.5 Å². The van der Waals surface area contributed by atoms with Crippen molar-refractivity contribution < 1.29 is 9.53 Å². The number of aromatic nitrogens is 5. The zero-order chi connectivity index (χ0) is 17.5. The van der Waals surface area contributed by atoms with E-state index in [1.807, 2.05) is 29.8 Å². The molecule has 3 aromatic heterocycles. The molecule has 8 heteroatoms. The summed E-state index contributed by atoms with van der Waals surface area (Å²) in [5, 5.41) is 0. The van der Waals surface area contributed by atoms with Crippen LogP contribution in [0.3, 0.4) is 0 Å². The summed E-state index contributed by atoms with van der Waals surface area (Å²) in [6, 6.07) is 2.22. The van der Waals surface area contributed by atoms with Gasteiger partial charge in [-0.3, -0.25) is 4.79 Å². The second kappa shape index (κ2) is 6.21. The van der Waals surface area contributed by atoms with E-state index in [2.05, 4.69) is 24.1 Å². The number of carbonyl (C=O) groups excluding carboxylic acids is 1. The zero-order valence-corrected chi connectivity index (χ0v) is 14.4. The van der Waals surface area contributed by atoms with Gasteiger partial charge in [0.25, 0.3) is 5.91 Å². The summed E-state index contributed by atoms with van der Waals surface area (Å²) in [6.07, 6.45) is 9.07. The number of fused-ring (bicyclic) bond motifs is 2. The first kappa shape index (κ1) is 15.5. The average molecular weight is 352 g/mol. The quantitative estimate of drug-likeness (QED) is 0.701.